The number of allylic oxidation sites excluding steroid dienone is 6. The van der Waals surface area contributed by atoms with E-state index in [-0.39, 0.29) is 6.61 Å². The number of aliphatic hydroxyl groups is 1. The molecule has 162 valence electrons. The average Bonchev–Trinajstić information content (AvgIpc) is 3.08. The van der Waals surface area contributed by atoms with Crippen LogP contribution in [0.15, 0.2) is 35.5 Å². The lowest BCUT2D eigenvalue weighted by molar-refractivity contribution is 0.0264. The molecule has 0 radical (unpaired) electrons. The smallest absolute Gasteiger partial charge is 0.0462 e. The van der Waals surface area contributed by atoms with Crippen molar-refractivity contribution in [2.24, 2.45) is 46.3 Å². The molecular weight excluding hydrogens is 352 g/mol. The van der Waals surface area contributed by atoms with Crippen molar-refractivity contribution < 1.29 is 5.11 Å². The fourth-order valence-electron chi connectivity index (χ4n) is 7.61. The molecule has 4 rings (SSSR count). The molecule has 2 saturated carbocycles. The molecule has 4 aliphatic carbocycles. The summed E-state index contributed by atoms with van der Waals surface area (Å²) in [5.41, 5.74) is 4.42. The molecule has 0 saturated heterocycles. The van der Waals surface area contributed by atoms with Crippen molar-refractivity contribution >= 4 is 0 Å². The van der Waals surface area contributed by atoms with Crippen LogP contribution in [0, 0.1) is 46.3 Å². The van der Waals surface area contributed by atoms with Gasteiger partial charge in [0.15, 0.2) is 0 Å². The summed E-state index contributed by atoms with van der Waals surface area (Å²) < 4.78 is 0. The van der Waals surface area contributed by atoms with Crippen LogP contribution in [0.4, 0.5) is 0 Å². The molecule has 0 spiro atoms. The Morgan fingerprint density at radius 2 is 1.83 bits per heavy atom. The normalized spacial score (nSPS) is 42.3. The van der Waals surface area contributed by atoms with Gasteiger partial charge >= 0.3 is 0 Å². The van der Waals surface area contributed by atoms with Gasteiger partial charge < -0.3 is 5.11 Å². The predicted octanol–water partition coefficient (Wildman–Crippen LogP) is 7.33. The number of rotatable bonds is 5. The van der Waals surface area contributed by atoms with E-state index in [2.05, 4.69) is 58.9 Å². The second-order valence-corrected chi connectivity index (χ2v) is 11.6. The standard InChI is InChI=1S/C28H44O/c1-19(21(3)18-29)9-10-20(2)24-13-14-25-23-12-11-22-8-6-7-16-27(22,4)26(23)15-17-28(24,25)5/h9-10,12,14,19-22,24,26,29H,6-8,11,13,15-18H2,1-5H3/t19-,20+,21?,22?,24+,26-,27-,28+/m0/s1. The molecule has 29 heavy (non-hydrogen) atoms. The van der Waals surface area contributed by atoms with Crippen molar-refractivity contribution in [2.75, 3.05) is 6.61 Å². The zero-order chi connectivity index (χ0) is 20.8. The van der Waals surface area contributed by atoms with E-state index >= 15 is 0 Å². The molecule has 0 aliphatic heterocycles. The Bertz CT molecular complexity index is 699. The fourth-order valence-corrected chi connectivity index (χ4v) is 7.61. The minimum atomic E-state index is 0.280. The summed E-state index contributed by atoms with van der Waals surface area (Å²) in [5, 5.41) is 9.44. The highest BCUT2D eigenvalue weighted by molar-refractivity contribution is 5.46. The second kappa shape index (κ2) is 8.03. The van der Waals surface area contributed by atoms with Crippen LogP contribution in [0.1, 0.15) is 86.0 Å². The number of fused-ring (bicyclic) bond motifs is 5. The molecule has 0 aromatic heterocycles. The van der Waals surface area contributed by atoms with Gasteiger partial charge in [0, 0.05) is 6.61 Å². The van der Waals surface area contributed by atoms with Crippen molar-refractivity contribution in [3.8, 4) is 0 Å². The third-order valence-corrected chi connectivity index (χ3v) is 10.1. The minimum Gasteiger partial charge on any atom is -0.396 e. The molecule has 0 heterocycles. The van der Waals surface area contributed by atoms with Gasteiger partial charge in [-0.2, -0.15) is 0 Å². The maximum atomic E-state index is 9.44. The van der Waals surface area contributed by atoms with E-state index in [1.54, 1.807) is 11.1 Å². The van der Waals surface area contributed by atoms with Gasteiger partial charge in [0.2, 0.25) is 0 Å². The highest BCUT2D eigenvalue weighted by Gasteiger charge is 2.54. The van der Waals surface area contributed by atoms with Crippen LogP contribution in [-0.2, 0) is 0 Å². The highest BCUT2D eigenvalue weighted by atomic mass is 16.3. The Hall–Kier alpha value is -0.820. The summed E-state index contributed by atoms with van der Waals surface area (Å²) in [5.74, 6) is 3.87. The Morgan fingerprint density at radius 1 is 1.03 bits per heavy atom. The lowest BCUT2D eigenvalue weighted by atomic mass is 9.49. The van der Waals surface area contributed by atoms with Gasteiger partial charge in [-0.05, 0) is 96.0 Å². The van der Waals surface area contributed by atoms with Crippen molar-refractivity contribution in [3.63, 3.8) is 0 Å². The Kier molecular flexibility index (Phi) is 5.93. The fraction of sp³-hybridized carbons (Fsp3) is 0.786. The molecular formula is C28H44O. The lowest BCUT2D eigenvalue weighted by Crippen LogP contribution is -2.46. The summed E-state index contributed by atoms with van der Waals surface area (Å²) in [6.07, 6.45) is 21.3. The summed E-state index contributed by atoms with van der Waals surface area (Å²) >= 11 is 0. The third-order valence-electron chi connectivity index (χ3n) is 10.1. The van der Waals surface area contributed by atoms with Crippen molar-refractivity contribution in [1.82, 2.24) is 0 Å². The zero-order valence-electron chi connectivity index (χ0n) is 19.6. The SMILES string of the molecule is CC(CO)[C@@H](C)C=C[C@@H](C)[C@H]1CC=C2C3=CCC4CCCC[C@]4(C)[C@H]3CC[C@@]21C. The summed E-state index contributed by atoms with van der Waals surface area (Å²) in [6.45, 7) is 12.3. The van der Waals surface area contributed by atoms with Crippen LogP contribution < -0.4 is 0 Å². The van der Waals surface area contributed by atoms with Crippen LogP contribution in [0.3, 0.4) is 0 Å². The van der Waals surface area contributed by atoms with Crippen LogP contribution in [-0.4, -0.2) is 11.7 Å². The topological polar surface area (TPSA) is 20.2 Å². The largest absolute Gasteiger partial charge is 0.396 e. The van der Waals surface area contributed by atoms with E-state index in [1.807, 2.05) is 0 Å². The molecule has 1 nitrogen and oxygen atoms in total. The van der Waals surface area contributed by atoms with E-state index in [1.165, 1.54) is 51.4 Å². The van der Waals surface area contributed by atoms with E-state index < -0.39 is 0 Å². The first-order chi connectivity index (χ1) is 13.8. The molecule has 0 aromatic carbocycles. The predicted molar refractivity (Wildman–Crippen MR) is 124 cm³/mol. The average molecular weight is 397 g/mol. The molecule has 0 bridgehead atoms. The van der Waals surface area contributed by atoms with Gasteiger partial charge in [0.25, 0.3) is 0 Å². The molecule has 2 fully saturated rings. The molecule has 1 heteroatoms. The van der Waals surface area contributed by atoms with E-state index in [0.717, 1.165) is 17.8 Å². The quantitative estimate of drug-likeness (QED) is 0.482. The van der Waals surface area contributed by atoms with Crippen LogP contribution in [0.5, 0.6) is 0 Å². The van der Waals surface area contributed by atoms with Gasteiger partial charge in [-0.25, -0.2) is 0 Å². The van der Waals surface area contributed by atoms with Crippen LogP contribution in [0.2, 0.25) is 0 Å². The number of hydrogen-bond donors (Lipinski definition) is 1. The maximum absolute atomic E-state index is 9.44. The zero-order valence-corrected chi connectivity index (χ0v) is 19.6. The summed E-state index contributed by atoms with van der Waals surface area (Å²) in [7, 11) is 0. The second-order valence-electron chi connectivity index (χ2n) is 11.6. The van der Waals surface area contributed by atoms with E-state index in [4.69, 9.17) is 0 Å². The van der Waals surface area contributed by atoms with Gasteiger partial charge in [-0.1, -0.05) is 71.8 Å². The van der Waals surface area contributed by atoms with E-state index in [9.17, 15) is 5.11 Å². The van der Waals surface area contributed by atoms with Crippen molar-refractivity contribution in [1.29, 1.82) is 0 Å². The first-order valence-electron chi connectivity index (χ1n) is 12.5. The minimum absolute atomic E-state index is 0.280. The summed E-state index contributed by atoms with van der Waals surface area (Å²) in [6, 6.07) is 0. The molecule has 2 unspecified atom stereocenters. The maximum Gasteiger partial charge on any atom is 0.0462 e. The molecule has 0 amide bonds. The lowest BCUT2D eigenvalue weighted by Gasteiger charge is -2.56. The van der Waals surface area contributed by atoms with Crippen molar-refractivity contribution in [2.45, 2.75) is 86.0 Å². The third kappa shape index (κ3) is 3.50. The Balaban J connectivity index is 1.53. The molecule has 8 atom stereocenters. The summed E-state index contributed by atoms with van der Waals surface area (Å²) in [4.78, 5) is 0. The first-order valence-corrected chi connectivity index (χ1v) is 12.5. The van der Waals surface area contributed by atoms with Gasteiger partial charge in [-0.15, -0.1) is 0 Å². The van der Waals surface area contributed by atoms with Gasteiger partial charge in [0.05, 0.1) is 0 Å². The monoisotopic (exact) mass is 396 g/mol. The number of aliphatic hydroxyl groups excluding tert-OH is 1. The van der Waals surface area contributed by atoms with Gasteiger partial charge in [0.1, 0.15) is 0 Å². The number of hydrogen-bond acceptors (Lipinski definition) is 1. The van der Waals surface area contributed by atoms with Crippen LogP contribution >= 0.6 is 0 Å². The molecule has 4 aliphatic rings. The van der Waals surface area contributed by atoms with Crippen molar-refractivity contribution in [3.05, 3.63) is 35.5 Å². The molecule has 0 aromatic rings. The highest BCUT2D eigenvalue weighted by Crippen LogP contribution is 2.65. The van der Waals surface area contributed by atoms with E-state index in [0.29, 0.717) is 28.6 Å². The van der Waals surface area contributed by atoms with Crippen LogP contribution in [0.25, 0.3) is 0 Å². The Morgan fingerprint density at radius 3 is 2.59 bits per heavy atom. The molecule has 1 N–H and O–H groups in total. The van der Waals surface area contributed by atoms with Gasteiger partial charge in [-0.3, -0.25) is 0 Å². The first kappa shape index (κ1) is 21.4. The Labute approximate surface area is 179 Å².